The lowest BCUT2D eigenvalue weighted by atomic mass is 10.1. The van der Waals surface area contributed by atoms with Crippen LogP contribution in [0.3, 0.4) is 0 Å². The van der Waals surface area contributed by atoms with Gasteiger partial charge in [-0.3, -0.25) is 4.79 Å². The molecule has 0 aliphatic rings. The number of carbonyl (C=O) groups is 1. The van der Waals surface area contributed by atoms with E-state index >= 15 is 0 Å². The van der Waals surface area contributed by atoms with Crippen molar-refractivity contribution >= 4 is 17.5 Å². The van der Waals surface area contributed by atoms with E-state index in [1.165, 1.54) is 7.11 Å². The van der Waals surface area contributed by atoms with Gasteiger partial charge in [0.15, 0.2) is 0 Å². The number of rotatable bonds is 5. The molecule has 0 saturated carbocycles. The number of amides is 1. The Hall–Kier alpha value is -2.20. The summed E-state index contributed by atoms with van der Waals surface area (Å²) in [5, 5.41) is 3.32. The molecule has 0 fully saturated rings. The van der Waals surface area contributed by atoms with Crippen molar-refractivity contribution in [2.24, 2.45) is 0 Å². The van der Waals surface area contributed by atoms with E-state index in [1.54, 1.807) is 25.3 Å². The van der Waals surface area contributed by atoms with Crippen molar-refractivity contribution in [1.82, 2.24) is 5.32 Å². The third kappa shape index (κ3) is 3.89. The molecule has 0 saturated heterocycles. The van der Waals surface area contributed by atoms with E-state index in [1.807, 2.05) is 24.3 Å². The van der Waals surface area contributed by atoms with Gasteiger partial charge in [0.05, 0.1) is 19.8 Å². The van der Waals surface area contributed by atoms with Gasteiger partial charge in [0.25, 0.3) is 5.91 Å². The zero-order chi connectivity index (χ0) is 15.2. The first-order chi connectivity index (χ1) is 10.1. The highest BCUT2D eigenvalue weighted by Crippen LogP contribution is 2.22. The van der Waals surface area contributed by atoms with Crippen LogP contribution in [0.1, 0.15) is 15.9 Å². The standard InChI is InChI=1S/C16H16ClNO3/c1-20-13-5-3-4-11(8-13)10-18-16(19)14-9-12(17)6-7-15(14)21-2/h3-9H,10H2,1-2H3,(H,18,19). The van der Waals surface area contributed by atoms with Crippen LogP contribution in [0.25, 0.3) is 0 Å². The maximum atomic E-state index is 12.2. The number of ether oxygens (including phenoxy) is 2. The zero-order valence-electron chi connectivity index (χ0n) is 11.9. The average molecular weight is 306 g/mol. The largest absolute Gasteiger partial charge is 0.497 e. The first kappa shape index (κ1) is 15.2. The van der Waals surface area contributed by atoms with Crippen LogP contribution < -0.4 is 14.8 Å². The van der Waals surface area contributed by atoms with Crippen molar-refractivity contribution < 1.29 is 14.3 Å². The summed E-state index contributed by atoms with van der Waals surface area (Å²) in [4.78, 5) is 12.2. The highest BCUT2D eigenvalue weighted by atomic mass is 35.5. The quantitative estimate of drug-likeness (QED) is 0.922. The number of benzene rings is 2. The summed E-state index contributed by atoms with van der Waals surface area (Å²) in [6.07, 6.45) is 0. The molecule has 0 aromatic heterocycles. The lowest BCUT2D eigenvalue weighted by Gasteiger charge is -2.10. The maximum absolute atomic E-state index is 12.2. The van der Waals surface area contributed by atoms with E-state index in [-0.39, 0.29) is 5.91 Å². The Balaban J connectivity index is 2.09. The average Bonchev–Trinajstić information content (AvgIpc) is 2.52. The number of hydrogen-bond acceptors (Lipinski definition) is 3. The first-order valence-electron chi connectivity index (χ1n) is 6.38. The molecule has 4 nitrogen and oxygen atoms in total. The fraction of sp³-hybridized carbons (Fsp3) is 0.188. The molecule has 0 atom stereocenters. The fourth-order valence-electron chi connectivity index (χ4n) is 1.92. The second kappa shape index (κ2) is 6.99. The van der Waals surface area contributed by atoms with Crippen LogP contribution in [-0.2, 0) is 6.54 Å². The molecular weight excluding hydrogens is 290 g/mol. The van der Waals surface area contributed by atoms with Crippen molar-refractivity contribution in [2.75, 3.05) is 14.2 Å². The van der Waals surface area contributed by atoms with Gasteiger partial charge in [0, 0.05) is 11.6 Å². The topological polar surface area (TPSA) is 47.6 Å². The number of halogens is 1. The Kier molecular flexibility index (Phi) is 5.06. The molecule has 0 radical (unpaired) electrons. The van der Waals surface area contributed by atoms with E-state index < -0.39 is 0 Å². The second-order valence-corrected chi connectivity index (χ2v) is 4.82. The molecule has 0 unspecified atom stereocenters. The van der Waals surface area contributed by atoms with Crippen LogP contribution in [0.15, 0.2) is 42.5 Å². The third-order valence-electron chi connectivity index (χ3n) is 2.99. The number of methoxy groups -OCH3 is 2. The molecule has 1 amide bonds. The molecule has 21 heavy (non-hydrogen) atoms. The van der Waals surface area contributed by atoms with Crippen LogP contribution in [0.5, 0.6) is 11.5 Å². The Morgan fingerprint density at radius 3 is 2.67 bits per heavy atom. The monoisotopic (exact) mass is 305 g/mol. The minimum atomic E-state index is -0.239. The first-order valence-corrected chi connectivity index (χ1v) is 6.76. The van der Waals surface area contributed by atoms with Crippen LogP contribution >= 0.6 is 11.6 Å². The number of hydrogen-bond donors (Lipinski definition) is 1. The lowest BCUT2D eigenvalue weighted by Crippen LogP contribution is -2.23. The number of carbonyl (C=O) groups excluding carboxylic acids is 1. The van der Waals surface area contributed by atoms with Crippen molar-refractivity contribution in [3.63, 3.8) is 0 Å². The number of nitrogens with one attached hydrogen (secondary N) is 1. The van der Waals surface area contributed by atoms with Gasteiger partial charge in [-0.25, -0.2) is 0 Å². The minimum Gasteiger partial charge on any atom is -0.497 e. The van der Waals surface area contributed by atoms with Crippen LogP contribution in [-0.4, -0.2) is 20.1 Å². The molecule has 2 aromatic carbocycles. The molecule has 110 valence electrons. The zero-order valence-corrected chi connectivity index (χ0v) is 12.6. The van der Waals surface area contributed by atoms with Crippen LogP contribution in [0.4, 0.5) is 0 Å². The summed E-state index contributed by atoms with van der Waals surface area (Å²) >= 11 is 5.92. The molecule has 0 bridgehead atoms. The predicted octanol–water partition coefficient (Wildman–Crippen LogP) is 3.29. The summed E-state index contributed by atoms with van der Waals surface area (Å²) in [6, 6.07) is 12.4. The van der Waals surface area contributed by atoms with E-state index in [4.69, 9.17) is 21.1 Å². The maximum Gasteiger partial charge on any atom is 0.255 e. The molecule has 1 N–H and O–H groups in total. The second-order valence-electron chi connectivity index (χ2n) is 4.38. The normalized spacial score (nSPS) is 10.0. The van der Waals surface area contributed by atoms with E-state index in [0.717, 1.165) is 11.3 Å². The summed E-state index contributed by atoms with van der Waals surface area (Å²) in [6.45, 7) is 0.395. The van der Waals surface area contributed by atoms with Gasteiger partial charge in [0.2, 0.25) is 0 Å². The summed E-state index contributed by atoms with van der Waals surface area (Å²) in [5.74, 6) is 1.00. The summed E-state index contributed by atoms with van der Waals surface area (Å²) in [7, 11) is 3.12. The van der Waals surface area contributed by atoms with Crippen LogP contribution in [0.2, 0.25) is 5.02 Å². The highest BCUT2D eigenvalue weighted by Gasteiger charge is 2.12. The lowest BCUT2D eigenvalue weighted by molar-refractivity contribution is 0.0948. The molecule has 0 aliphatic heterocycles. The van der Waals surface area contributed by atoms with Gasteiger partial charge in [-0.05, 0) is 35.9 Å². The molecule has 5 heteroatoms. The van der Waals surface area contributed by atoms with Crippen LogP contribution in [0, 0.1) is 0 Å². The van der Waals surface area contributed by atoms with Crippen molar-refractivity contribution in [3.05, 3.63) is 58.6 Å². The smallest absolute Gasteiger partial charge is 0.255 e. The molecule has 2 aromatic rings. The van der Waals surface area contributed by atoms with Crippen molar-refractivity contribution in [3.8, 4) is 11.5 Å². The molecule has 2 rings (SSSR count). The highest BCUT2D eigenvalue weighted by molar-refractivity contribution is 6.31. The predicted molar refractivity (Wildman–Crippen MR) is 82.2 cm³/mol. The fourth-order valence-corrected chi connectivity index (χ4v) is 2.09. The van der Waals surface area contributed by atoms with Crippen molar-refractivity contribution in [2.45, 2.75) is 6.54 Å². The SMILES string of the molecule is COc1cccc(CNC(=O)c2cc(Cl)ccc2OC)c1. The summed E-state index contributed by atoms with van der Waals surface area (Å²) < 4.78 is 10.3. The Morgan fingerprint density at radius 2 is 1.95 bits per heavy atom. The Labute approximate surface area is 128 Å². The van der Waals surface area contributed by atoms with E-state index in [9.17, 15) is 4.79 Å². The van der Waals surface area contributed by atoms with E-state index in [0.29, 0.717) is 22.9 Å². The summed E-state index contributed by atoms with van der Waals surface area (Å²) in [5.41, 5.74) is 1.36. The van der Waals surface area contributed by atoms with Crippen molar-refractivity contribution in [1.29, 1.82) is 0 Å². The van der Waals surface area contributed by atoms with Gasteiger partial charge in [0.1, 0.15) is 11.5 Å². The third-order valence-corrected chi connectivity index (χ3v) is 3.23. The minimum absolute atomic E-state index is 0.239. The van der Waals surface area contributed by atoms with Gasteiger partial charge < -0.3 is 14.8 Å². The Morgan fingerprint density at radius 1 is 1.14 bits per heavy atom. The molecule has 0 heterocycles. The van der Waals surface area contributed by atoms with E-state index in [2.05, 4.69) is 5.32 Å². The van der Waals surface area contributed by atoms with Gasteiger partial charge in [-0.2, -0.15) is 0 Å². The molecular formula is C16H16ClNO3. The van der Waals surface area contributed by atoms with Gasteiger partial charge >= 0.3 is 0 Å². The molecule has 0 spiro atoms. The molecule has 0 aliphatic carbocycles. The Bertz CT molecular complexity index is 643. The van der Waals surface area contributed by atoms with Gasteiger partial charge in [-0.1, -0.05) is 23.7 Å². The van der Waals surface area contributed by atoms with Gasteiger partial charge in [-0.15, -0.1) is 0 Å².